The van der Waals surface area contributed by atoms with Crippen LogP contribution in [0.15, 0.2) is 24.3 Å². The van der Waals surface area contributed by atoms with Crippen LogP contribution in [0.1, 0.15) is 16.2 Å². The summed E-state index contributed by atoms with van der Waals surface area (Å²) in [6.45, 7) is 0. The van der Waals surface area contributed by atoms with Crippen LogP contribution in [-0.4, -0.2) is 27.7 Å². The van der Waals surface area contributed by atoms with Crippen molar-refractivity contribution in [2.75, 3.05) is 12.4 Å². The highest BCUT2D eigenvalue weighted by Gasteiger charge is 2.35. The maximum absolute atomic E-state index is 12.6. The van der Waals surface area contributed by atoms with Gasteiger partial charge in [-0.2, -0.15) is 18.3 Å². The van der Waals surface area contributed by atoms with Crippen LogP contribution < -0.4 is 10.1 Å². The number of nitrogens with one attached hydrogen (secondary N) is 1. The van der Waals surface area contributed by atoms with E-state index in [2.05, 4.69) is 10.4 Å². The summed E-state index contributed by atoms with van der Waals surface area (Å²) >= 11 is 0. The fraction of sp³-hybridized carbons (Fsp3) is 0.231. The third-order valence-electron chi connectivity index (χ3n) is 3.05. The predicted octanol–water partition coefficient (Wildman–Crippen LogP) is 2.61. The molecule has 0 unspecified atom stereocenters. The number of carbonyl (C=O) groups excluding carboxylic acids is 1. The Morgan fingerprint density at radius 3 is 2.54 bits per heavy atom. The molecule has 11 heteroatoms. The predicted molar refractivity (Wildman–Crippen MR) is 75.8 cm³/mol. The van der Waals surface area contributed by atoms with E-state index in [-0.39, 0.29) is 22.8 Å². The smallest absolute Gasteiger partial charge is 0.435 e. The van der Waals surface area contributed by atoms with Crippen LogP contribution in [0.3, 0.4) is 0 Å². The van der Waals surface area contributed by atoms with E-state index < -0.39 is 22.7 Å². The van der Waals surface area contributed by atoms with Gasteiger partial charge in [0.05, 0.1) is 23.8 Å². The lowest BCUT2D eigenvalue weighted by atomic mass is 10.2. The van der Waals surface area contributed by atoms with Gasteiger partial charge in [-0.05, 0) is 6.07 Å². The molecule has 2 rings (SSSR count). The third-order valence-corrected chi connectivity index (χ3v) is 3.05. The summed E-state index contributed by atoms with van der Waals surface area (Å²) in [5, 5.41) is 16.3. The van der Waals surface area contributed by atoms with E-state index in [4.69, 9.17) is 4.74 Å². The molecule has 0 aliphatic rings. The van der Waals surface area contributed by atoms with E-state index in [9.17, 15) is 28.1 Å². The first kappa shape index (κ1) is 17.2. The maximum Gasteiger partial charge on any atom is 0.435 e. The lowest BCUT2D eigenvalue weighted by molar-refractivity contribution is -0.384. The number of benzene rings is 1. The minimum atomic E-state index is -4.68. The first-order valence-electron chi connectivity index (χ1n) is 6.38. The molecule has 0 aliphatic heterocycles. The molecule has 1 N–H and O–H groups in total. The minimum absolute atomic E-state index is 0.00392. The zero-order valence-electron chi connectivity index (χ0n) is 12.4. The zero-order chi connectivity index (χ0) is 18.1. The molecule has 1 aromatic carbocycles. The van der Waals surface area contributed by atoms with Crippen molar-refractivity contribution in [2.45, 2.75) is 6.18 Å². The van der Waals surface area contributed by atoms with Gasteiger partial charge in [-0.15, -0.1) is 0 Å². The van der Waals surface area contributed by atoms with Gasteiger partial charge < -0.3 is 10.1 Å². The number of anilines is 1. The molecule has 8 nitrogen and oxygen atoms in total. The Labute approximate surface area is 133 Å². The molecule has 1 amide bonds. The van der Waals surface area contributed by atoms with E-state index in [1.54, 1.807) is 0 Å². The Kier molecular flexibility index (Phi) is 4.44. The van der Waals surface area contributed by atoms with Crippen molar-refractivity contribution in [1.29, 1.82) is 0 Å². The van der Waals surface area contributed by atoms with E-state index in [1.165, 1.54) is 20.2 Å². The van der Waals surface area contributed by atoms with Crippen LogP contribution in [0.2, 0.25) is 0 Å². The average Bonchev–Trinajstić information content (AvgIpc) is 2.89. The summed E-state index contributed by atoms with van der Waals surface area (Å²) in [7, 11) is 2.43. The van der Waals surface area contributed by atoms with E-state index in [0.29, 0.717) is 6.07 Å². The minimum Gasteiger partial charge on any atom is -0.494 e. The van der Waals surface area contributed by atoms with Gasteiger partial charge in [0.1, 0.15) is 11.4 Å². The molecule has 128 valence electrons. The molecule has 0 atom stereocenters. The van der Waals surface area contributed by atoms with Crippen molar-refractivity contribution in [1.82, 2.24) is 9.78 Å². The highest BCUT2D eigenvalue weighted by molar-refractivity contribution is 6.04. The molecule has 0 fully saturated rings. The van der Waals surface area contributed by atoms with Gasteiger partial charge in [0.25, 0.3) is 11.6 Å². The molecule has 0 aliphatic carbocycles. The number of nitro groups is 1. The van der Waals surface area contributed by atoms with E-state index in [1.807, 2.05) is 0 Å². The summed E-state index contributed by atoms with van der Waals surface area (Å²) in [4.78, 5) is 22.2. The standard InChI is InChI=1S/C13H11F3N4O4/c1-19-9(6-11(18-19)13(14,15)16)12(21)17-8-4-3-7(20(22)23)5-10(8)24-2/h3-6H,1-2H3,(H,17,21). The normalized spacial score (nSPS) is 11.2. The number of ether oxygens (including phenoxy) is 1. The number of hydrogen-bond acceptors (Lipinski definition) is 5. The number of methoxy groups -OCH3 is 1. The Hall–Kier alpha value is -3.11. The number of aryl methyl sites for hydroxylation is 1. The number of amides is 1. The SMILES string of the molecule is COc1cc([N+](=O)[O-])ccc1NC(=O)c1cc(C(F)(F)F)nn1C. The fourth-order valence-corrected chi connectivity index (χ4v) is 1.90. The fourth-order valence-electron chi connectivity index (χ4n) is 1.90. The van der Waals surface area contributed by atoms with Crippen molar-refractivity contribution in [3.8, 4) is 5.75 Å². The zero-order valence-corrected chi connectivity index (χ0v) is 12.4. The second-order valence-corrected chi connectivity index (χ2v) is 4.63. The van der Waals surface area contributed by atoms with Gasteiger partial charge in [0.15, 0.2) is 5.69 Å². The summed E-state index contributed by atoms with van der Waals surface area (Å²) in [6, 6.07) is 4.03. The van der Waals surface area contributed by atoms with Gasteiger partial charge >= 0.3 is 6.18 Å². The van der Waals surface area contributed by atoms with Crippen LogP contribution in [-0.2, 0) is 13.2 Å². The molecule has 24 heavy (non-hydrogen) atoms. The lowest BCUT2D eigenvalue weighted by Crippen LogP contribution is -2.16. The summed E-state index contributed by atoms with van der Waals surface area (Å²) in [5.74, 6) is -0.872. The Balaban J connectivity index is 2.30. The van der Waals surface area contributed by atoms with Crippen LogP contribution in [0.4, 0.5) is 24.5 Å². The monoisotopic (exact) mass is 344 g/mol. The topological polar surface area (TPSA) is 99.3 Å². The first-order valence-corrected chi connectivity index (χ1v) is 6.38. The number of halogens is 3. The number of nitrogens with zero attached hydrogens (tertiary/aromatic N) is 3. The molecule has 1 heterocycles. The molecule has 0 saturated carbocycles. The molecule has 0 radical (unpaired) electrons. The molecule has 0 spiro atoms. The quantitative estimate of drug-likeness (QED) is 0.679. The largest absolute Gasteiger partial charge is 0.494 e. The second-order valence-electron chi connectivity index (χ2n) is 4.63. The van der Waals surface area contributed by atoms with Crippen LogP contribution in [0.25, 0.3) is 0 Å². The Morgan fingerprint density at radius 2 is 2.04 bits per heavy atom. The first-order chi connectivity index (χ1) is 11.1. The Bertz CT molecular complexity index is 801. The number of alkyl halides is 3. The molecular weight excluding hydrogens is 333 g/mol. The van der Waals surface area contributed by atoms with Gasteiger partial charge in [-0.1, -0.05) is 0 Å². The molecular formula is C13H11F3N4O4. The molecule has 0 saturated heterocycles. The summed E-state index contributed by atoms with van der Waals surface area (Å²) in [6.07, 6.45) is -4.68. The number of non-ortho nitro benzene ring substituents is 1. The van der Waals surface area contributed by atoms with E-state index >= 15 is 0 Å². The number of aromatic nitrogens is 2. The Morgan fingerprint density at radius 1 is 1.38 bits per heavy atom. The van der Waals surface area contributed by atoms with E-state index in [0.717, 1.165) is 16.8 Å². The molecule has 0 bridgehead atoms. The average molecular weight is 344 g/mol. The van der Waals surface area contributed by atoms with Crippen molar-refractivity contribution in [3.05, 3.63) is 45.8 Å². The van der Waals surface area contributed by atoms with Crippen molar-refractivity contribution >= 4 is 17.3 Å². The van der Waals surface area contributed by atoms with Crippen LogP contribution >= 0.6 is 0 Å². The van der Waals surface area contributed by atoms with Crippen molar-refractivity contribution < 1.29 is 27.6 Å². The summed E-state index contributed by atoms with van der Waals surface area (Å²) in [5.41, 5.74) is -1.72. The number of hydrogen-bond donors (Lipinski definition) is 1. The number of rotatable bonds is 4. The molecule has 2 aromatic rings. The summed E-state index contributed by atoms with van der Waals surface area (Å²) < 4.78 is 43.6. The number of carbonyl (C=O) groups is 1. The van der Waals surface area contributed by atoms with Crippen LogP contribution in [0, 0.1) is 10.1 Å². The maximum atomic E-state index is 12.6. The second kappa shape index (κ2) is 6.18. The molecule has 1 aromatic heterocycles. The van der Waals surface area contributed by atoms with Gasteiger partial charge in [0, 0.05) is 19.2 Å². The highest BCUT2D eigenvalue weighted by atomic mass is 19.4. The third kappa shape index (κ3) is 3.45. The van der Waals surface area contributed by atoms with Gasteiger partial charge in [0.2, 0.25) is 0 Å². The highest BCUT2D eigenvalue weighted by Crippen LogP contribution is 2.31. The van der Waals surface area contributed by atoms with Gasteiger partial charge in [-0.25, -0.2) is 0 Å². The van der Waals surface area contributed by atoms with Gasteiger partial charge in [-0.3, -0.25) is 19.6 Å². The van der Waals surface area contributed by atoms with Crippen LogP contribution in [0.5, 0.6) is 5.75 Å². The number of nitro benzene ring substituents is 1. The van der Waals surface area contributed by atoms with Crippen molar-refractivity contribution in [2.24, 2.45) is 7.05 Å². The van der Waals surface area contributed by atoms with Crippen molar-refractivity contribution in [3.63, 3.8) is 0 Å². The lowest BCUT2D eigenvalue weighted by Gasteiger charge is -2.09.